The van der Waals surface area contributed by atoms with Crippen LogP contribution < -0.4 is 15.8 Å². The minimum atomic E-state index is 0.477. The molecule has 0 aromatic heterocycles. The van der Waals surface area contributed by atoms with Crippen molar-refractivity contribution in [3.8, 4) is 11.4 Å². The monoisotopic (exact) mass is 426 g/mol. The normalized spacial score (nSPS) is 17.2. The molecular weight excluding hydrogens is 408 g/mol. The molecule has 0 amide bonds. The summed E-state index contributed by atoms with van der Waals surface area (Å²) in [5.41, 5.74) is 3.52. The summed E-state index contributed by atoms with van der Waals surface area (Å²) in [5, 5.41) is 3.38. The van der Waals surface area contributed by atoms with Gasteiger partial charge in [0.05, 0.1) is 23.4 Å². The predicted molar refractivity (Wildman–Crippen MR) is 108 cm³/mol. The average Bonchev–Trinajstić information content (AvgIpc) is 3.21. The molecule has 0 aliphatic carbocycles. The molecule has 1 N–H and O–H groups in total. The van der Waals surface area contributed by atoms with Gasteiger partial charge < -0.3 is 19.5 Å². The summed E-state index contributed by atoms with van der Waals surface area (Å²) < 4.78 is 8.61. The minimum Gasteiger partial charge on any atom is -0.378 e. The van der Waals surface area contributed by atoms with Crippen molar-refractivity contribution in [3.63, 3.8) is 0 Å². The zero-order chi connectivity index (χ0) is 18.2. The van der Waals surface area contributed by atoms with E-state index in [0.29, 0.717) is 5.62 Å². The van der Waals surface area contributed by atoms with Crippen LogP contribution in [0.15, 0.2) is 46.0 Å². The Morgan fingerprint density at radius 1 is 1.11 bits per heavy atom. The molecule has 0 atom stereocenters. The molecule has 1 saturated heterocycles. The number of pyridine rings is 1. The molecular formula is C19H19BrN6O. The van der Waals surface area contributed by atoms with E-state index in [4.69, 9.17) is 9.72 Å². The number of benzene rings is 1. The molecule has 1 fully saturated rings. The number of rotatable bonds is 2. The lowest BCUT2D eigenvalue weighted by atomic mass is 10.2. The number of halogens is 1. The Morgan fingerprint density at radius 3 is 2.74 bits per heavy atom. The van der Waals surface area contributed by atoms with Crippen molar-refractivity contribution in [2.45, 2.75) is 6.54 Å². The maximum atomic E-state index is 5.41. The first kappa shape index (κ1) is 16.7. The second-order valence-corrected chi connectivity index (χ2v) is 7.45. The van der Waals surface area contributed by atoms with Crippen LogP contribution in [0.2, 0.25) is 0 Å². The van der Waals surface area contributed by atoms with Crippen LogP contribution in [0.4, 0.5) is 17.2 Å². The van der Waals surface area contributed by atoms with Crippen LogP contribution in [0.1, 0.15) is 0 Å². The third kappa shape index (κ3) is 3.19. The third-order valence-electron chi connectivity index (χ3n) is 4.90. The van der Waals surface area contributed by atoms with Crippen LogP contribution >= 0.6 is 15.9 Å². The quantitative estimate of drug-likeness (QED) is 0.681. The lowest BCUT2D eigenvalue weighted by molar-refractivity contribution is 0.122. The molecule has 4 aliphatic heterocycles. The van der Waals surface area contributed by atoms with Crippen molar-refractivity contribution in [2.75, 3.05) is 43.1 Å². The van der Waals surface area contributed by atoms with Gasteiger partial charge in [-0.1, -0.05) is 0 Å². The maximum Gasteiger partial charge on any atom is 0.251 e. The van der Waals surface area contributed by atoms with E-state index in [0.717, 1.165) is 66.8 Å². The number of nitrogens with one attached hydrogen (secondary N) is 1. The second kappa shape index (κ2) is 6.94. The van der Waals surface area contributed by atoms with Gasteiger partial charge in [0.2, 0.25) is 0 Å². The summed E-state index contributed by atoms with van der Waals surface area (Å²) in [4.78, 5) is 16.1. The van der Waals surface area contributed by atoms with Crippen molar-refractivity contribution in [2.24, 2.45) is 4.99 Å². The molecule has 0 radical (unpaired) electrons. The summed E-state index contributed by atoms with van der Waals surface area (Å²) in [6.07, 6.45) is 1.83. The standard InChI is InChI=1S/C19H19BrN6O/c20-16-11-13-12-22-19(24-17(13)26-6-5-21-18(16)26)23-14-1-3-15(4-2-14)25-7-9-27-10-8-25/h1-4,11-12,21H,5-10H2. The first-order valence-electron chi connectivity index (χ1n) is 9.05. The van der Waals surface area contributed by atoms with E-state index in [2.05, 4.69) is 52.8 Å². The van der Waals surface area contributed by atoms with Crippen molar-refractivity contribution in [1.29, 1.82) is 0 Å². The molecule has 4 heterocycles. The Labute approximate surface area is 165 Å². The molecule has 4 aliphatic rings. The molecule has 27 heavy (non-hydrogen) atoms. The van der Waals surface area contributed by atoms with Crippen molar-refractivity contribution >= 4 is 33.1 Å². The number of hydrogen-bond donors (Lipinski definition) is 1. The van der Waals surface area contributed by atoms with Crippen LogP contribution in [0.5, 0.6) is 0 Å². The van der Waals surface area contributed by atoms with Gasteiger partial charge in [-0.05, 0) is 46.3 Å². The highest BCUT2D eigenvalue weighted by Gasteiger charge is 2.20. The number of aromatic nitrogens is 3. The second-order valence-electron chi connectivity index (χ2n) is 6.60. The summed E-state index contributed by atoms with van der Waals surface area (Å²) >= 11 is 3.61. The Morgan fingerprint density at radius 2 is 1.93 bits per heavy atom. The molecule has 0 unspecified atom stereocenters. The molecule has 1 aromatic rings. The Kier molecular flexibility index (Phi) is 4.29. The van der Waals surface area contributed by atoms with Gasteiger partial charge in [-0.15, -0.1) is 0 Å². The van der Waals surface area contributed by atoms with Gasteiger partial charge in [0.15, 0.2) is 0 Å². The smallest absolute Gasteiger partial charge is 0.251 e. The highest BCUT2D eigenvalue weighted by Crippen LogP contribution is 2.33. The summed E-state index contributed by atoms with van der Waals surface area (Å²) in [5.74, 6) is 1.96. The van der Waals surface area contributed by atoms with E-state index in [1.54, 1.807) is 0 Å². The zero-order valence-corrected chi connectivity index (χ0v) is 16.3. The van der Waals surface area contributed by atoms with Gasteiger partial charge in [-0.2, -0.15) is 4.98 Å². The SMILES string of the molecule is Brc1cc2cnc(=Nc3ccc(N4CCOCC4)cc3)nc-2n2c1NCC2. The van der Waals surface area contributed by atoms with E-state index in [-0.39, 0.29) is 0 Å². The summed E-state index contributed by atoms with van der Waals surface area (Å²) in [6, 6.07) is 10.3. The van der Waals surface area contributed by atoms with E-state index in [1.807, 2.05) is 24.4 Å². The van der Waals surface area contributed by atoms with E-state index >= 15 is 0 Å². The first-order chi connectivity index (χ1) is 13.3. The first-order valence-corrected chi connectivity index (χ1v) is 9.85. The van der Waals surface area contributed by atoms with Crippen LogP contribution in [0.3, 0.4) is 0 Å². The summed E-state index contributed by atoms with van der Waals surface area (Å²) in [6.45, 7) is 5.20. The van der Waals surface area contributed by atoms with Crippen LogP contribution in [0.25, 0.3) is 11.4 Å². The number of nitrogens with zero attached hydrogens (tertiary/aromatic N) is 5. The fourth-order valence-electron chi connectivity index (χ4n) is 3.54. The Hall–Kier alpha value is -2.45. The maximum absolute atomic E-state index is 5.41. The number of anilines is 2. The van der Waals surface area contributed by atoms with E-state index < -0.39 is 0 Å². The molecule has 8 heteroatoms. The third-order valence-corrected chi connectivity index (χ3v) is 5.50. The number of fused-ring (bicyclic) bond motifs is 3. The number of hydrogen-bond acceptors (Lipinski definition) is 6. The van der Waals surface area contributed by atoms with Crippen LogP contribution in [-0.2, 0) is 11.3 Å². The number of ether oxygens (including phenoxy) is 1. The number of morpholine rings is 1. The largest absolute Gasteiger partial charge is 0.378 e. The molecule has 1 aromatic carbocycles. The van der Waals surface area contributed by atoms with E-state index in [1.165, 1.54) is 5.69 Å². The fourth-order valence-corrected chi connectivity index (χ4v) is 4.14. The molecule has 0 bridgehead atoms. The topological polar surface area (TPSA) is 67.6 Å². The molecule has 5 rings (SSSR count). The van der Waals surface area contributed by atoms with Crippen molar-refractivity contribution < 1.29 is 4.74 Å². The Bertz CT molecular complexity index is 1010. The predicted octanol–water partition coefficient (Wildman–Crippen LogP) is 2.64. The van der Waals surface area contributed by atoms with Crippen LogP contribution in [-0.4, -0.2) is 47.4 Å². The lowest BCUT2D eigenvalue weighted by Crippen LogP contribution is -2.36. The summed E-state index contributed by atoms with van der Waals surface area (Å²) in [7, 11) is 0. The highest BCUT2D eigenvalue weighted by molar-refractivity contribution is 9.10. The Balaban J connectivity index is 1.49. The fraction of sp³-hybridized carbons (Fsp3) is 0.316. The van der Waals surface area contributed by atoms with Gasteiger partial charge in [-0.3, -0.25) is 0 Å². The van der Waals surface area contributed by atoms with Crippen molar-refractivity contribution in [3.05, 3.63) is 46.6 Å². The average molecular weight is 427 g/mol. The van der Waals surface area contributed by atoms with Gasteiger partial charge in [0.1, 0.15) is 11.6 Å². The lowest BCUT2D eigenvalue weighted by Gasteiger charge is -2.28. The minimum absolute atomic E-state index is 0.477. The van der Waals surface area contributed by atoms with Gasteiger partial charge in [-0.25, -0.2) is 9.98 Å². The highest BCUT2D eigenvalue weighted by atomic mass is 79.9. The van der Waals surface area contributed by atoms with Gasteiger partial charge >= 0.3 is 0 Å². The van der Waals surface area contributed by atoms with E-state index in [9.17, 15) is 0 Å². The molecule has 0 saturated carbocycles. The molecule has 7 nitrogen and oxygen atoms in total. The van der Waals surface area contributed by atoms with Gasteiger partial charge in [0, 0.05) is 43.6 Å². The van der Waals surface area contributed by atoms with Gasteiger partial charge in [0.25, 0.3) is 5.62 Å². The van der Waals surface area contributed by atoms with Crippen molar-refractivity contribution in [1.82, 2.24) is 14.5 Å². The molecule has 0 spiro atoms. The van der Waals surface area contributed by atoms with Crippen LogP contribution in [0, 0.1) is 0 Å². The molecule has 138 valence electrons. The zero-order valence-electron chi connectivity index (χ0n) is 14.7.